The van der Waals surface area contributed by atoms with Crippen molar-refractivity contribution in [2.75, 3.05) is 20.2 Å². The average molecular weight is 250 g/mol. The monoisotopic (exact) mass is 250 g/mol. The molecule has 1 saturated carbocycles. The van der Waals surface area contributed by atoms with Crippen LogP contribution in [0.1, 0.15) is 45.4 Å². The molecule has 2 aliphatic rings. The standard InChI is InChI=1S/C14H22N2O2/c1-13(18-2)6-5-9-16(11-13)12(17)14(10-15)7-3-4-8-14/h3-9,11H2,1-2H3. The molecule has 0 bridgehead atoms. The summed E-state index contributed by atoms with van der Waals surface area (Å²) in [7, 11) is 1.70. The van der Waals surface area contributed by atoms with Gasteiger partial charge in [0.25, 0.3) is 0 Å². The summed E-state index contributed by atoms with van der Waals surface area (Å²) in [5.41, 5.74) is -0.991. The first-order valence-electron chi connectivity index (χ1n) is 6.81. The molecule has 1 aliphatic heterocycles. The number of piperidine rings is 1. The van der Waals surface area contributed by atoms with Crippen LogP contribution in [0.2, 0.25) is 0 Å². The van der Waals surface area contributed by atoms with Gasteiger partial charge in [-0.05, 0) is 32.6 Å². The van der Waals surface area contributed by atoms with Crippen LogP contribution in [0.3, 0.4) is 0 Å². The van der Waals surface area contributed by atoms with Gasteiger partial charge in [0.05, 0.1) is 11.7 Å². The van der Waals surface area contributed by atoms with E-state index in [1.165, 1.54) is 0 Å². The Balaban J connectivity index is 2.12. The van der Waals surface area contributed by atoms with E-state index in [9.17, 15) is 10.1 Å². The van der Waals surface area contributed by atoms with E-state index >= 15 is 0 Å². The SMILES string of the molecule is COC1(C)CCCN(C(=O)C2(C#N)CCCC2)C1. The number of carbonyl (C=O) groups is 1. The third kappa shape index (κ3) is 2.24. The summed E-state index contributed by atoms with van der Waals surface area (Å²) in [6.45, 7) is 3.42. The van der Waals surface area contributed by atoms with Crippen LogP contribution < -0.4 is 0 Å². The summed E-state index contributed by atoms with van der Waals surface area (Å²) in [5.74, 6) is 0.0328. The molecule has 0 aromatic heterocycles. The number of amides is 1. The van der Waals surface area contributed by atoms with Gasteiger partial charge in [-0.15, -0.1) is 0 Å². The van der Waals surface area contributed by atoms with Crippen LogP contribution >= 0.6 is 0 Å². The van der Waals surface area contributed by atoms with Crippen LogP contribution in [0.5, 0.6) is 0 Å². The van der Waals surface area contributed by atoms with E-state index in [1.54, 1.807) is 7.11 Å². The van der Waals surface area contributed by atoms with E-state index in [1.807, 2.05) is 11.8 Å². The smallest absolute Gasteiger partial charge is 0.243 e. The highest BCUT2D eigenvalue weighted by atomic mass is 16.5. The minimum absolute atomic E-state index is 0.0328. The summed E-state index contributed by atoms with van der Waals surface area (Å²) in [6.07, 6.45) is 5.37. The van der Waals surface area contributed by atoms with E-state index in [2.05, 4.69) is 6.07 Å². The van der Waals surface area contributed by atoms with Crippen molar-refractivity contribution in [2.45, 2.75) is 51.0 Å². The first-order chi connectivity index (χ1) is 8.55. The van der Waals surface area contributed by atoms with Gasteiger partial charge in [-0.3, -0.25) is 4.79 Å². The molecule has 1 saturated heterocycles. The summed E-state index contributed by atoms with van der Waals surface area (Å²) in [6, 6.07) is 2.29. The van der Waals surface area contributed by atoms with Crippen molar-refractivity contribution >= 4 is 5.91 Å². The zero-order valence-electron chi connectivity index (χ0n) is 11.4. The maximum absolute atomic E-state index is 12.6. The molecule has 0 spiro atoms. The molecule has 2 rings (SSSR count). The van der Waals surface area contributed by atoms with Crippen LogP contribution in [0.25, 0.3) is 0 Å². The van der Waals surface area contributed by atoms with Gasteiger partial charge in [-0.2, -0.15) is 5.26 Å². The van der Waals surface area contributed by atoms with Crippen molar-refractivity contribution in [3.05, 3.63) is 0 Å². The Labute approximate surface area is 109 Å². The normalized spacial score (nSPS) is 31.1. The fourth-order valence-electron chi connectivity index (χ4n) is 3.20. The number of nitriles is 1. The predicted octanol–water partition coefficient (Wildman–Crippen LogP) is 2.10. The lowest BCUT2D eigenvalue weighted by atomic mass is 9.84. The van der Waals surface area contributed by atoms with Crippen molar-refractivity contribution in [2.24, 2.45) is 5.41 Å². The molecule has 1 amide bonds. The molecule has 2 fully saturated rings. The van der Waals surface area contributed by atoms with Gasteiger partial charge < -0.3 is 9.64 Å². The highest BCUT2D eigenvalue weighted by molar-refractivity contribution is 5.86. The van der Waals surface area contributed by atoms with Crippen molar-refractivity contribution in [1.29, 1.82) is 5.26 Å². The van der Waals surface area contributed by atoms with E-state index in [4.69, 9.17) is 4.74 Å². The first kappa shape index (κ1) is 13.4. The summed E-state index contributed by atoms with van der Waals surface area (Å²) in [4.78, 5) is 14.5. The number of ether oxygens (including phenoxy) is 1. The maximum Gasteiger partial charge on any atom is 0.243 e. The lowest BCUT2D eigenvalue weighted by Gasteiger charge is -2.41. The third-order valence-corrected chi connectivity index (χ3v) is 4.52. The summed E-state index contributed by atoms with van der Waals surface area (Å²) in [5, 5.41) is 9.38. The molecule has 0 aromatic rings. The number of hydrogen-bond donors (Lipinski definition) is 0. The molecule has 0 aromatic carbocycles. The second kappa shape index (κ2) is 4.89. The Morgan fingerprint density at radius 2 is 1.94 bits per heavy atom. The molecule has 4 nitrogen and oxygen atoms in total. The van der Waals surface area contributed by atoms with Crippen molar-refractivity contribution in [3.8, 4) is 6.07 Å². The lowest BCUT2D eigenvalue weighted by molar-refractivity contribution is -0.146. The van der Waals surface area contributed by atoms with Crippen molar-refractivity contribution < 1.29 is 9.53 Å². The fourth-order valence-corrected chi connectivity index (χ4v) is 3.20. The van der Waals surface area contributed by atoms with Crippen LogP contribution in [0, 0.1) is 16.7 Å². The van der Waals surface area contributed by atoms with E-state index in [-0.39, 0.29) is 11.5 Å². The summed E-state index contributed by atoms with van der Waals surface area (Å²) >= 11 is 0. The zero-order chi connectivity index (χ0) is 13.2. The Kier molecular flexibility index (Phi) is 3.63. The lowest BCUT2D eigenvalue weighted by Crippen LogP contribution is -2.53. The minimum atomic E-state index is -0.744. The second-order valence-electron chi connectivity index (χ2n) is 5.89. The molecule has 0 radical (unpaired) electrons. The highest BCUT2D eigenvalue weighted by Gasteiger charge is 2.46. The van der Waals surface area contributed by atoms with E-state index in [0.29, 0.717) is 6.54 Å². The molecule has 0 N–H and O–H groups in total. The molecule has 1 aliphatic carbocycles. The predicted molar refractivity (Wildman–Crippen MR) is 67.7 cm³/mol. The Bertz CT molecular complexity index is 368. The number of nitrogens with zero attached hydrogens (tertiary/aromatic N) is 2. The fraction of sp³-hybridized carbons (Fsp3) is 0.857. The maximum atomic E-state index is 12.6. The molecular formula is C14H22N2O2. The van der Waals surface area contributed by atoms with Gasteiger partial charge in [-0.1, -0.05) is 12.8 Å². The van der Waals surface area contributed by atoms with Crippen molar-refractivity contribution in [3.63, 3.8) is 0 Å². The molecule has 4 heteroatoms. The second-order valence-corrected chi connectivity index (χ2v) is 5.89. The van der Waals surface area contributed by atoms with Gasteiger partial charge >= 0.3 is 0 Å². The molecule has 1 atom stereocenters. The third-order valence-electron chi connectivity index (χ3n) is 4.52. The Morgan fingerprint density at radius 1 is 1.28 bits per heavy atom. The molecular weight excluding hydrogens is 228 g/mol. The van der Waals surface area contributed by atoms with Crippen LogP contribution in [0.15, 0.2) is 0 Å². The molecule has 18 heavy (non-hydrogen) atoms. The van der Waals surface area contributed by atoms with Gasteiger partial charge in [0, 0.05) is 20.2 Å². The molecule has 1 heterocycles. The van der Waals surface area contributed by atoms with Gasteiger partial charge in [0.2, 0.25) is 5.91 Å². The Hall–Kier alpha value is -1.08. The van der Waals surface area contributed by atoms with E-state index < -0.39 is 5.41 Å². The molecule has 1 unspecified atom stereocenters. The number of carbonyl (C=O) groups excluding carboxylic acids is 1. The quantitative estimate of drug-likeness (QED) is 0.754. The van der Waals surface area contributed by atoms with Gasteiger partial charge in [0.15, 0.2) is 0 Å². The Morgan fingerprint density at radius 3 is 2.50 bits per heavy atom. The van der Waals surface area contributed by atoms with E-state index in [0.717, 1.165) is 45.1 Å². The topological polar surface area (TPSA) is 53.3 Å². The first-order valence-corrected chi connectivity index (χ1v) is 6.81. The van der Waals surface area contributed by atoms with Gasteiger partial charge in [-0.25, -0.2) is 0 Å². The minimum Gasteiger partial charge on any atom is -0.377 e. The van der Waals surface area contributed by atoms with Crippen LogP contribution in [0.4, 0.5) is 0 Å². The largest absolute Gasteiger partial charge is 0.377 e. The summed E-state index contributed by atoms with van der Waals surface area (Å²) < 4.78 is 5.51. The number of hydrogen-bond acceptors (Lipinski definition) is 3. The van der Waals surface area contributed by atoms with Crippen LogP contribution in [-0.2, 0) is 9.53 Å². The van der Waals surface area contributed by atoms with Gasteiger partial charge in [0.1, 0.15) is 5.41 Å². The number of likely N-dealkylation sites (tertiary alicyclic amines) is 1. The molecule has 100 valence electrons. The number of methoxy groups -OCH3 is 1. The average Bonchev–Trinajstić information content (AvgIpc) is 2.88. The highest BCUT2D eigenvalue weighted by Crippen LogP contribution is 2.40. The van der Waals surface area contributed by atoms with Crippen molar-refractivity contribution in [1.82, 2.24) is 4.90 Å². The zero-order valence-corrected chi connectivity index (χ0v) is 11.4. The van der Waals surface area contributed by atoms with Crippen LogP contribution in [-0.4, -0.2) is 36.6 Å². The number of rotatable bonds is 2.